The van der Waals surface area contributed by atoms with Gasteiger partial charge in [0.2, 0.25) is 16.6 Å². The topological polar surface area (TPSA) is 116 Å². The number of benzene rings is 4. The highest BCUT2D eigenvalue weighted by Gasteiger charge is 2.28. The third kappa shape index (κ3) is 8.34. The van der Waals surface area contributed by atoms with Crippen LogP contribution in [-0.2, 0) is 31.4 Å². The maximum atomic E-state index is 13.9. The van der Waals surface area contributed by atoms with E-state index in [-0.39, 0.29) is 16.3 Å². The van der Waals surface area contributed by atoms with E-state index in [1.807, 2.05) is 30.3 Å². The van der Waals surface area contributed by atoms with E-state index in [9.17, 15) is 26.4 Å². The Bertz CT molecular complexity index is 1830. The fraction of sp³-hybridized carbons (Fsp3) is 0.242. The van der Waals surface area contributed by atoms with Crippen LogP contribution in [0.5, 0.6) is 11.5 Å². The normalized spacial score (nSPS) is 15.4. The van der Waals surface area contributed by atoms with Crippen LogP contribution in [0, 0.1) is 5.82 Å². The Balaban J connectivity index is 1.38. The van der Waals surface area contributed by atoms with Crippen LogP contribution in [0.2, 0.25) is 0 Å². The van der Waals surface area contributed by atoms with Gasteiger partial charge in [-0.1, -0.05) is 31.0 Å². The maximum Gasteiger partial charge on any atom is 0.307 e. The second kappa shape index (κ2) is 14.3. The fourth-order valence-electron chi connectivity index (χ4n) is 4.99. The molecule has 12 heteroatoms. The number of ether oxygens (including phenoxy) is 1. The van der Waals surface area contributed by atoms with Crippen LogP contribution in [0.1, 0.15) is 31.2 Å². The molecule has 236 valence electrons. The van der Waals surface area contributed by atoms with Crippen LogP contribution < -0.4 is 10.1 Å². The summed E-state index contributed by atoms with van der Waals surface area (Å²) in [5.41, 5.74) is 0.961. The van der Waals surface area contributed by atoms with E-state index in [2.05, 4.69) is 5.32 Å². The summed E-state index contributed by atoms with van der Waals surface area (Å²) in [5, 5.41) is 2.73. The molecule has 1 fully saturated rings. The molecule has 0 bridgehead atoms. The molecule has 0 saturated carbocycles. The van der Waals surface area contributed by atoms with Gasteiger partial charge in [0.05, 0.1) is 4.90 Å². The molecule has 1 saturated heterocycles. The number of sulfonamides is 1. The minimum absolute atomic E-state index is 0.0332. The maximum absolute atomic E-state index is 13.9. The van der Waals surface area contributed by atoms with Crippen molar-refractivity contribution in [3.05, 3.63) is 115 Å². The third-order valence-corrected chi connectivity index (χ3v) is 11.1. The van der Waals surface area contributed by atoms with E-state index in [0.717, 1.165) is 29.6 Å². The molecule has 1 aliphatic heterocycles. The zero-order chi connectivity index (χ0) is 31.9. The average Bonchev–Trinajstić information content (AvgIpc) is 3.34. The molecule has 5 rings (SSSR count). The summed E-state index contributed by atoms with van der Waals surface area (Å²) in [7, 11) is -7.79. The highest BCUT2D eigenvalue weighted by Crippen LogP contribution is 2.24. The first kappa shape index (κ1) is 32.3. The molecule has 2 N–H and O–H groups in total. The van der Waals surface area contributed by atoms with Gasteiger partial charge in [0.1, 0.15) is 22.2 Å². The average molecular weight is 653 g/mol. The SMILES string of the molecule is O=C(C[N+](Cc1ccc(F)cc1)=S(=O)(O)c1ccc(S(=O)(=O)N2CCCCCC2)cc1)Nc1ccc(Oc2ccccc2)cc1. The van der Waals surface area contributed by atoms with Gasteiger partial charge in [-0.15, -0.1) is 3.95 Å². The largest absolute Gasteiger partial charge is 0.457 e. The van der Waals surface area contributed by atoms with Crippen LogP contribution in [0.3, 0.4) is 0 Å². The van der Waals surface area contributed by atoms with Crippen LogP contribution in [0.4, 0.5) is 10.1 Å². The van der Waals surface area contributed by atoms with Crippen molar-refractivity contribution in [2.75, 3.05) is 25.0 Å². The molecule has 0 radical (unpaired) electrons. The first-order valence-electron chi connectivity index (χ1n) is 14.6. The molecule has 0 spiro atoms. The van der Waals surface area contributed by atoms with Gasteiger partial charge in [0, 0.05) is 24.3 Å². The molecule has 9 nitrogen and oxygen atoms in total. The minimum atomic E-state index is -4.03. The van der Waals surface area contributed by atoms with Crippen molar-refractivity contribution < 1.29 is 35.0 Å². The number of hydrogen-bond donors (Lipinski definition) is 2. The summed E-state index contributed by atoms with van der Waals surface area (Å²) in [6.07, 6.45) is 3.52. The molecular weight excluding hydrogens is 618 g/mol. The number of carbonyl (C=O) groups is 1. The fourth-order valence-corrected chi connectivity index (χ4v) is 7.91. The summed E-state index contributed by atoms with van der Waals surface area (Å²) < 4.78 is 73.6. The first-order valence-corrected chi connectivity index (χ1v) is 17.5. The lowest BCUT2D eigenvalue weighted by atomic mass is 10.2. The Morgan fingerprint density at radius 2 is 1.36 bits per heavy atom. The van der Waals surface area contributed by atoms with Gasteiger partial charge in [-0.3, -0.25) is 9.35 Å². The summed E-state index contributed by atoms with van der Waals surface area (Å²) in [4.78, 5) is 13.1. The number of hydrogen-bond acceptors (Lipinski definition) is 5. The summed E-state index contributed by atoms with van der Waals surface area (Å²) in [6, 6.07) is 26.6. The number of rotatable bonds is 10. The van der Waals surface area contributed by atoms with Crippen LogP contribution in [0.15, 0.2) is 113 Å². The molecule has 0 aromatic heterocycles. The van der Waals surface area contributed by atoms with Crippen LogP contribution in [0.25, 0.3) is 0 Å². The second-order valence-electron chi connectivity index (χ2n) is 10.7. The van der Waals surface area contributed by atoms with Crippen molar-refractivity contribution in [1.29, 1.82) is 0 Å². The molecular formula is C33H35FN3O6S2+. The lowest BCUT2D eigenvalue weighted by molar-refractivity contribution is -0.514. The van der Waals surface area contributed by atoms with Crippen molar-refractivity contribution >= 4 is 31.6 Å². The summed E-state index contributed by atoms with van der Waals surface area (Å²) >= 11 is 0. The second-order valence-corrected chi connectivity index (χ2v) is 14.6. The standard InChI is InChI=1S/C33H34FN3O6S2/c34-27-12-10-26(11-13-27)24-37(25-33(38)35-28-14-16-30(17-15-28)43-29-8-4-3-5-9-29)45(41,42)32-20-18-31(19-21-32)44(39,40)36-22-6-1-2-7-23-36/h3-5,8-21H,1-2,6-7,22-25H2,(H,35,38)/p+1. The van der Waals surface area contributed by atoms with Gasteiger partial charge in [-0.05, 0) is 97.8 Å². The smallest absolute Gasteiger partial charge is 0.307 e. The van der Waals surface area contributed by atoms with Gasteiger partial charge in [-0.2, -0.15) is 8.51 Å². The predicted octanol–water partition coefficient (Wildman–Crippen LogP) is 6.33. The lowest BCUT2D eigenvalue weighted by Crippen LogP contribution is -2.32. The summed E-state index contributed by atoms with van der Waals surface area (Å²) in [6.45, 7) is 0.234. The lowest BCUT2D eigenvalue weighted by Gasteiger charge is -2.20. The molecule has 1 heterocycles. The predicted molar refractivity (Wildman–Crippen MR) is 170 cm³/mol. The summed E-state index contributed by atoms with van der Waals surface area (Å²) in [5.74, 6) is 0.206. The van der Waals surface area contributed by atoms with Crippen LogP contribution in [-0.4, -0.2) is 51.0 Å². The van der Waals surface area contributed by atoms with Crippen LogP contribution >= 0.6 is 0 Å². The monoisotopic (exact) mass is 652 g/mol. The molecule has 1 unspecified atom stereocenters. The number of para-hydroxylation sites is 1. The van der Waals surface area contributed by atoms with E-state index in [1.165, 1.54) is 52.8 Å². The highest BCUT2D eigenvalue weighted by atomic mass is 32.2. The van der Waals surface area contributed by atoms with Gasteiger partial charge < -0.3 is 10.1 Å². The van der Waals surface area contributed by atoms with Gasteiger partial charge >= 0.3 is 10.0 Å². The quantitative estimate of drug-likeness (QED) is 0.193. The van der Waals surface area contributed by atoms with E-state index in [1.54, 1.807) is 24.3 Å². The van der Waals surface area contributed by atoms with Crippen molar-refractivity contribution in [3.63, 3.8) is 0 Å². The number of halogens is 1. The first-order chi connectivity index (χ1) is 21.6. The van der Waals surface area contributed by atoms with Crippen molar-refractivity contribution in [3.8, 4) is 11.5 Å². The van der Waals surface area contributed by atoms with Crippen molar-refractivity contribution in [2.24, 2.45) is 0 Å². The molecule has 45 heavy (non-hydrogen) atoms. The van der Waals surface area contributed by atoms with E-state index >= 15 is 0 Å². The Kier molecular flexibility index (Phi) is 10.3. The zero-order valence-electron chi connectivity index (χ0n) is 24.5. The zero-order valence-corrected chi connectivity index (χ0v) is 26.2. The van der Waals surface area contributed by atoms with Gasteiger partial charge in [-0.25, -0.2) is 12.8 Å². The van der Waals surface area contributed by atoms with Gasteiger partial charge in [0.15, 0.2) is 6.54 Å². The number of carbonyl (C=O) groups excluding carboxylic acids is 1. The van der Waals surface area contributed by atoms with Gasteiger partial charge in [0.25, 0.3) is 5.91 Å². The van der Waals surface area contributed by atoms with Crippen molar-refractivity contribution in [1.82, 2.24) is 4.31 Å². The Labute approximate surface area is 263 Å². The molecule has 4 aromatic rings. The number of nitrogens with zero attached hydrogens (tertiary/aromatic N) is 2. The van der Waals surface area contributed by atoms with E-state index in [4.69, 9.17) is 4.74 Å². The third-order valence-electron chi connectivity index (χ3n) is 7.39. The Morgan fingerprint density at radius 1 is 0.778 bits per heavy atom. The van der Waals surface area contributed by atoms with Crippen molar-refractivity contribution in [2.45, 2.75) is 42.0 Å². The van der Waals surface area contributed by atoms with E-state index in [0.29, 0.717) is 35.8 Å². The Morgan fingerprint density at radius 3 is 1.98 bits per heavy atom. The van der Waals surface area contributed by atoms with E-state index < -0.39 is 38.3 Å². The Hall–Kier alpha value is -4.10. The molecule has 1 atom stereocenters. The molecule has 4 aromatic carbocycles. The number of anilines is 1. The highest BCUT2D eigenvalue weighted by molar-refractivity contribution is 7.89. The minimum Gasteiger partial charge on any atom is -0.457 e. The molecule has 1 amide bonds. The molecule has 0 aliphatic carbocycles. The number of amides is 1. The number of nitrogens with one attached hydrogen (secondary N) is 1. The molecule has 1 aliphatic rings.